The fourth-order valence-corrected chi connectivity index (χ4v) is 4.18. The van der Waals surface area contributed by atoms with Crippen molar-refractivity contribution in [3.05, 3.63) is 18.2 Å². The van der Waals surface area contributed by atoms with Crippen LogP contribution in [0.15, 0.2) is 12.4 Å². The Balaban J connectivity index is 1.63. The van der Waals surface area contributed by atoms with Gasteiger partial charge in [-0.25, -0.2) is 4.98 Å². The number of hydrogen-bond donors (Lipinski definition) is 1. The first-order chi connectivity index (χ1) is 8.78. The van der Waals surface area contributed by atoms with Crippen molar-refractivity contribution in [2.45, 2.75) is 58.0 Å². The molecule has 4 atom stereocenters. The normalized spacial score (nSPS) is 32.0. The Labute approximate surface area is 110 Å². The van der Waals surface area contributed by atoms with Gasteiger partial charge in [-0.2, -0.15) is 0 Å². The van der Waals surface area contributed by atoms with Crippen molar-refractivity contribution in [1.82, 2.24) is 9.55 Å². The molecule has 100 valence electrons. The highest BCUT2D eigenvalue weighted by Gasteiger charge is 2.40. The summed E-state index contributed by atoms with van der Waals surface area (Å²) in [6.45, 7) is 3.24. The highest BCUT2D eigenvalue weighted by molar-refractivity contribution is 5.01. The summed E-state index contributed by atoms with van der Waals surface area (Å²) in [5, 5.41) is 0. The van der Waals surface area contributed by atoms with Crippen LogP contribution in [0.3, 0.4) is 0 Å². The monoisotopic (exact) mass is 247 g/mol. The molecule has 1 aromatic rings. The maximum atomic E-state index is 6.40. The summed E-state index contributed by atoms with van der Waals surface area (Å²) in [5.41, 5.74) is 6.40. The maximum Gasteiger partial charge on any atom is 0.125 e. The third kappa shape index (κ3) is 2.20. The second-order valence-electron chi connectivity index (χ2n) is 6.26. The van der Waals surface area contributed by atoms with Gasteiger partial charge < -0.3 is 10.3 Å². The third-order valence-electron chi connectivity index (χ3n) is 4.99. The van der Waals surface area contributed by atoms with Gasteiger partial charge in [0.25, 0.3) is 0 Å². The van der Waals surface area contributed by atoms with Gasteiger partial charge in [0.2, 0.25) is 0 Å². The van der Waals surface area contributed by atoms with E-state index in [2.05, 4.69) is 22.7 Å². The Morgan fingerprint density at radius 1 is 1.44 bits per heavy atom. The van der Waals surface area contributed by atoms with Gasteiger partial charge in [0.1, 0.15) is 5.82 Å². The molecule has 1 heterocycles. The van der Waals surface area contributed by atoms with Crippen molar-refractivity contribution in [3.8, 4) is 0 Å². The molecule has 3 nitrogen and oxygen atoms in total. The molecule has 2 aliphatic rings. The van der Waals surface area contributed by atoms with Crippen LogP contribution >= 0.6 is 0 Å². The number of hydrogen-bond acceptors (Lipinski definition) is 2. The first-order valence-corrected chi connectivity index (χ1v) is 7.54. The van der Waals surface area contributed by atoms with Crippen LogP contribution in [0.1, 0.15) is 57.3 Å². The molecule has 0 saturated heterocycles. The first kappa shape index (κ1) is 12.2. The minimum Gasteiger partial charge on any atom is -0.334 e. The predicted molar refractivity (Wildman–Crippen MR) is 73.0 cm³/mol. The molecule has 4 unspecified atom stereocenters. The smallest absolute Gasteiger partial charge is 0.125 e. The molecule has 2 saturated carbocycles. The second-order valence-corrected chi connectivity index (χ2v) is 6.26. The van der Waals surface area contributed by atoms with Crippen molar-refractivity contribution in [3.63, 3.8) is 0 Å². The van der Waals surface area contributed by atoms with Gasteiger partial charge in [-0.05, 0) is 49.9 Å². The summed E-state index contributed by atoms with van der Waals surface area (Å²) < 4.78 is 2.23. The summed E-state index contributed by atoms with van der Waals surface area (Å²) in [6.07, 6.45) is 12.1. The molecule has 0 radical (unpaired) electrons. The first-order valence-electron chi connectivity index (χ1n) is 7.54. The van der Waals surface area contributed by atoms with Crippen LogP contribution < -0.4 is 5.73 Å². The molecule has 2 fully saturated rings. The molecular weight excluding hydrogens is 222 g/mol. The summed E-state index contributed by atoms with van der Waals surface area (Å²) in [7, 11) is 0. The summed E-state index contributed by atoms with van der Waals surface area (Å²) in [4.78, 5) is 4.48. The molecule has 0 aromatic carbocycles. The third-order valence-corrected chi connectivity index (χ3v) is 4.99. The molecule has 18 heavy (non-hydrogen) atoms. The van der Waals surface area contributed by atoms with Crippen LogP contribution in [0.4, 0.5) is 0 Å². The Bertz CT molecular complexity index is 398. The quantitative estimate of drug-likeness (QED) is 0.868. The lowest BCUT2D eigenvalue weighted by Gasteiger charge is -2.24. The Hall–Kier alpha value is -0.830. The summed E-state index contributed by atoms with van der Waals surface area (Å²) in [5.74, 6) is 3.95. The van der Waals surface area contributed by atoms with E-state index < -0.39 is 0 Å². The van der Waals surface area contributed by atoms with E-state index in [1.54, 1.807) is 0 Å². The van der Waals surface area contributed by atoms with E-state index in [9.17, 15) is 0 Å². The van der Waals surface area contributed by atoms with Crippen LogP contribution in [0.25, 0.3) is 0 Å². The number of aromatic nitrogens is 2. The SMILES string of the molecule is CCCn1ccnc1C(N)CC1CC2CCC1C2. The molecule has 2 bridgehead atoms. The van der Waals surface area contributed by atoms with Crippen LogP contribution in [0.2, 0.25) is 0 Å². The van der Waals surface area contributed by atoms with E-state index in [1.165, 1.54) is 25.7 Å². The fraction of sp³-hybridized carbons (Fsp3) is 0.800. The van der Waals surface area contributed by atoms with Gasteiger partial charge in [-0.3, -0.25) is 0 Å². The molecule has 0 aliphatic heterocycles. The molecule has 3 rings (SSSR count). The number of imidazole rings is 1. The highest BCUT2D eigenvalue weighted by atomic mass is 15.1. The topological polar surface area (TPSA) is 43.8 Å². The number of fused-ring (bicyclic) bond motifs is 2. The molecule has 3 heteroatoms. The molecule has 2 N–H and O–H groups in total. The van der Waals surface area contributed by atoms with E-state index in [0.717, 1.165) is 43.0 Å². The van der Waals surface area contributed by atoms with Gasteiger partial charge in [0, 0.05) is 18.9 Å². The maximum absolute atomic E-state index is 6.40. The van der Waals surface area contributed by atoms with Crippen molar-refractivity contribution >= 4 is 0 Å². The predicted octanol–water partition coefficient (Wildman–Crippen LogP) is 3.12. The average Bonchev–Trinajstić information content (AvgIpc) is 3.04. The van der Waals surface area contributed by atoms with E-state index in [4.69, 9.17) is 5.73 Å². The Morgan fingerprint density at radius 3 is 3.00 bits per heavy atom. The number of aryl methyl sites for hydroxylation is 1. The number of nitrogens with two attached hydrogens (primary N) is 1. The van der Waals surface area contributed by atoms with E-state index >= 15 is 0 Å². The molecule has 0 amide bonds. The van der Waals surface area contributed by atoms with E-state index in [1.807, 2.05) is 6.20 Å². The zero-order chi connectivity index (χ0) is 12.5. The lowest BCUT2D eigenvalue weighted by molar-refractivity contribution is 0.291. The van der Waals surface area contributed by atoms with Crippen LogP contribution in [0, 0.1) is 17.8 Å². The zero-order valence-electron chi connectivity index (χ0n) is 11.4. The van der Waals surface area contributed by atoms with Crippen molar-refractivity contribution in [2.75, 3.05) is 0 Å². The lowest BCUT2D eigenvalue weighted by Crippen LogP contribution is -2.22. The lowest BCUT2D eigenvalue weighted by atomic mass is 9.84. The fourth-order valence-electron chi connectivity index (χ4n) is 4.18. The van der Waals surface area contributed by atoms with E-state index in [0.29, 0.717) is 0 Å². The van der Waals surface area contributed by atoms with Gasteiger partial charge in [0.05, 0.1) is 6.04 Å². The molecule has 2 aliphatic carbocycles. The Morgan fingerprint density at radius 2 is 2.33 bits per heavy atom. The van der Waals surface area contributed by atoms with Crippen molar-refractivity contribution in [1.29, 1.82) is 0 Å². The largest absolute Gasteiger partial charge is 0.334 e. The van der Waals surface area contributed by atoms with Gasteiger partial charge in [-0.15, -0.1) is 0 Å². The van der Waals surface area contributed by atoms with Crippen LogP contribution in [-0.4, -0.2) is 9.55 Å². The zero-order valence-corrected chi connectivity index (χ0v) is 11.4. The number of rotatable bonds is 5. The summed E-state index contributed by atoms with van der Waals surface area (Å²) in [6, 6.07) is 0.135. The van der Waals surface area contributed by atoms with Crippen LogP contribution in [-0.2, 0) is 6.54 Å². The minimum atomic E-state index is 0.135. The van der Waals surface area contributed by atoms with Gasteiger partial charge in [-0.1, -0.05) is 13.3 Å². The standard InChI is InChI=1S/C15H25N3/c1-2-6-18-7-5-17-15(18)14(16)10-13-9-11-3-4-12(13)8-11/h5,7,11-14H,2-4,6,8-10,16H2,1H3. The Kier molecular flexibility index (Phi) is 3.42. The molecule has 0 spiro atoms. The van der Waals surface area contributed by atoms with Gasteiger partial charge in [0.15, 0.2) is 0 Å². The average molecular weight is 247 g/mol. The summed E-state index contributed by atoms with van der Waals surface area (Å²) >= 11 is 0. The highest BCUT2D eigenvalue weighted by Crippen LogP contribution is 2.50. The molecular formula is C15H25N3. The van der Waals surface area contributed by atoms with E-state index in [-0.39, 0.29) is 6.04 Å². The van der Waals surface area contributed by atoms with Crippen molar-refractivity contribution in [2.24, 2.45) is 23.5 Å². The number of nitrogens with zero attached hydrogens (tertiary/aromatic N) is 2. The van der Waals surface area contributed by atoms with Gasteiger partial charge >= 0.3 is 0 Å². The second kappa shape index (κ2) is 5.04. The van der Waals surface area contributed by atoms with Crippen LogP contribution in [0.5, 0.6) is 0 Å². The minimum absolute atomic E-state index is 0.135. The van der Waals surface area contributed by atoms with Crippen molar-refractivity contribution < 1.29 is 0 Å². The molecule has 1 aromatic heterocycles.